The Bertz CT molecular complexity index is 1640. The Kier molecular flexibility index (Phi) is 7.52. The van der Waals surface area contributed by atoms with Gasteiger partial charge in [-0.15, -0.1) is 0 Å². The minimum absolute atomic E-state index is 0.00883. The fourth-order valence-electron chi connectivity index (χ4n) is 5.51. The van der Waals surface area contributed by atoms with E-state index in [1.165, 1.54) is 6.33 Å². The molecule has 5 aromatic rings. The normalized spacial score (nSPS) is 20.3. The second kappa shape index (κ2) is 11.6. The van der Waals surface area contributed by atoms with Crippen molar-refractivity contribution in [2.24, 2.45) is 0 Å². The largest absolute Gasteiger partial charge is 0.388 e. The lowest BCUT2D eigenvalue weighted by molar-refractivity contribution is -0.125. The van der Waals surface area contributed by atoms with Crippen LogP contribution in [-0.4, -0.2) is 81.7 Å². The highest BCUT2D eigenvalue weighted by molar-refractivity contribution is 5.84. The maximum Gasteiger partial charge on any atom is 0.246 e. The third-order valence-corrected chi connectivity index (χ3v) is 7.62. The zero-order valence-electron chi connectivity index (χ0n) is 22.5. The molecule has 1 fully saturated rings. The van der Waals surface area contributed by atoms with Crippen molar-refractivity contribution < 1.29 is 20.1 Å². The van der Waals surface area contributed by atoms with E-state index in [2.05, 4.69) is 44.9 Å². The number of anilines is 2. The summed E-state index contributed by atoms with van der Waals surface area (Å²) in [6.07, 6.45) is 2.38. The average molecular weight is 570 g/mol. The maximum absolute atomic E-state index is 11.8. The number of rotatable bonds is 9. The van der Waals surface area contributed by atoms with Crippen LogP contribution in [0.15, 0.2) is 79.5 Å². The maximum atomic E-state index is 11.8. The van der Waals surface area contributed by atoms with Crippen molar-refractivity contribution in [3.63, 3.8) is 0 Å². The predicted octanol–water partition coefficient (Wildman–Crippen LogP) is 0.982. The van der Waals surface area contributed by atoms with Crippen LogP contribution in [0.2, 0.25) is 0 Å². The van der Waals surface area contributed by atoms with Gasteiger partial charge in [0, 0.05) is 12.5 Å². The van der Waals surface area contributed by atoms with Crippen LogP contribution in [-0.2, 0) is 4.79 Å². The number of nitrogens with zero attached hydrogens (tertiary/aromatic N) is 6. The lowest BCUT2D eigenvalue weighted by Gasteiger charge is -2.20. The second-order valence-corrected chi connectivity index (χ2v) is 10.3. The van der Waals surface area contributed by atoms with Crippen LogP contribution in [0.1, 0.15) is 29.5 Å². The molecule has 1 amide bonds. The molecule has 4 atom stereocenters. The number of carbonyl (C=O) groups excluding carboxylic acids is 1. The number of nitrogen functional groups attached to an aromatic ring is 1. The zero-order chi connectivity index (χ0) is 29.2. The van der Waals surface area contributed by atoms with Gasteiger partial charge in [-0.2, -0.15) is 9.97 Å². The monoisotopic (exact) mass is 569 g/mol. The van der Waals surface area contributed by atoms with Crippen LogP contribution in [0.5, 0.6) is 0 Å². The molecule has 2 aromatic carbocycles. The third kappa shape index (κ3) is 5.28. The number of nitrogens with two attached hydrogens (primary N) is 1. The number of fused-ring (bicyclic) bond motifs is 1. The molecular weight excluding hydrogens is 538 g/mol. The summed E-state index contributed by atoms with van der Waals surface area (Å²) in [7, 11) is 0. The van der Waals surface area contributed by atoms with Crippen molar-refractivity contribution in [1.29, 1.82) is 0 Å². The van der Waals surface area contributed by atoms with Crippen molar-refractivity contribution in [3.8, 4) is 5.95 Å². The minimum Gasteiger partial charge on any atom is -0.388 e. The summed E-state index contributed by atoms with van der Waals surface area (Å²) in [5, 5.41) is 36.7. The standard InChI is InChI=1S/C29H31N9O4/c30-22-13-37(15-32-22)29-35-27(31-12-19(17-7-3-1-4-8-17)18-9-5-2-6-10-18)24-28(36-29)38(16-33-24)21-11-20(25(41)26(21)42)34-23(40)14-39/h1-10,13,15-16,19-21,25-26,39,41-42H,11-12,14,30H2,(H,34,40)(H,31,35,36)/t20-,21+,25+,26-/m0/s1. The van der Waals surface area contributed by atoms with Crippen LogP contribution < -0.4 is 16.4 Å². The van der Waals surface area contributed by atoms with Crippen molar-refractivity contribution in [2.75, 3.05) is 24.2 Å². The molecule has 1 aliphatic rings. The Hall–Kier alpha value is -4.85. The highest BCUT2D eigenvalue weighted by atomic mass is 16.3. The van der Waals surface area contributed by atoms with Gasteiger partial charge < -0.3 is 36.3 Å². The average Bonchev–Trinajstić information content (AvgIpc) is 3.72. The molecule has 6 rings (SSSR count). The van der Waals surface area contributed by atoms with Gasteiger partial charge in [-0.3, -0.25) is 9.36 Å². The molecule has 0 bridgehead atoms. The lowest BCUT2D eigenvalue weighted by Crippen LogP contribution is -2.44. The molecule has 13 heteroatoms. The van der Waals surface area contributed by atoms with Crippen LogP contribution >= 0.6 is 0 Å². The predicted molar refractivity (Wildman–Crippen MR) is 155 cm³/mol. The van der Waals surface area contributed by atoms with Crippen LogP contribution in [0.4, 0.5) is 11.6 Å². The summed E-state index contributed by atoms with van der Waals surface area (Å²) < 4.78 is 3.27. The molecule has 3 aromatic heterocycles. The number of hydrogen-bond donors (Lipinski definition) is 6. The van der Waals surface area contributed by atoms with Crippen LogP contribution in [0.3, 0.4) is 0 Å². The molecule has 7 N–H and O–H groups in total. The van der Waals surface area contributed by atoms with Gasteiger partial charge in [0.1, 0.15) is 31.0 Å². The van der Waals surface area contributed by atoms with Crippen molar-refractivity contribution in [2.45, 2.75) is 36.6 Å². The number of hydrogen-bond acceptors (Lipinski definition) is 10. The fourth-order valence-corrected chi connectivity index (χ4v) is 5.51. The van der Waals surface area contributed by atoms with Gasteiger partial charge >= 0.3 is 0 Å². The number of nitrogens with one attached hydrogen (secondary N) is 2. The number of aromatic nitrogens is 6. The van der Waals surface area contributed by atoms with Gasteiger partial charge in [-0.25, -0.2) is 9.97 Å². The van der Waals surface area contributed by atoms with E-state index in [-0.39, 0.29) is 18.3 Å². The van der Waals surface area contributed by atoms with E-state index < -0.39 is 36.8 Å². The summed E-state index contributed by atoms with van der Waals surface area (Å²) in [6, 6.07) is 18.9. The molecule has 0 saturated heterocycles. The van der Waals surface area contributed by atoms with Gasteiger partial charge in [-0.1, -0.05) is 60.7 Å². The van der Waals surface area contributed by atoms with E-state index in [0.29, 0.717) is 29.3 Å². The molecule has 0 radical (unpaired) electrons. The first-order valence-electron chi connectivity index (χ1n) is 13.6. The molecule has 13 nitrogen and oxygen atoms in total. The molecule has 1 aliphatic carbocycles. The van der Waals surface area contributed by atoms with E-state index in [4.69, 9.17) is 20.8 Å². The van der Waals surface area contributed by atoms with Gasteiger partial charge in [-0.05, 0) is 17.5 Å². The van der Waals surface area contributed by atoms with Crippen LogP contribution in [0, 0.1) is 0 Å². The number of aliphatic hydroxyl groups excluding tert-OH is 3. The molecule has 0 unspecified atom stereocenters. The van der Waals surface area contributed by atoms with E-state index in [9.17, 15) is 15.0 Å². The smallest absolute Gasteiger partial charge is 0.246 e. The highest BCUT2D eigenvalue weighted by Crippen LogP contribution is 2.35. The van der Waals surface area contributed by atoms with Gasteiger partial charge in [0.25, 0.3) is 0 Å². The van der Waals surface area contributed by atoms with Gasteiger partial charge in [0.05, 0.1) is 24.6 Å². The number of imidazole rings is 2. The number of amides is 1. The van der Waals surface area contributed by atoms with E-state index >= 15 is 0 Å². The number of carbonyl (C=O) groups is 1. The Balaban J connectivity index is 1.38. The Labute approximate surface area is 240 Å². The van der Waals surface area contributed by atoms with Crippen LogP contribution in [0.25, 0.3) is 17.1 Å². The highest BCUT2D eigenvalue weighted by Gasteiger charge is 2.43. The topological polar surface area (TPSA) is 189 Å². The lowest BCUT2D eigenvalue weighted by atomic mass is 9.91. The molecular formula is C29H31N9O4. The SMILES string of the molecule is Nc1cn(-c2nc(NCC(c3ccccc3)c3ccccc3)c3ncn([C@@H]4C[C@H](NC(=O)CO)[C@@H](O)[C@H]4O)c3n2)cn1. The first-order chi connectivity index (χ1) is 20.4. The summed E-state index contributed by atoms with van der Waals surface area (Å²) in [4.78, 5) is 30.0. The van der Waals surface area contributed by atoms with Crippen molar-refractivity contribution in [3.05, 3.63) is 90.6 Å². The first-order valence-corrected chi connectivity index (χ1v) is 13.6. The zero-order valence-corrected chi connectivity index (χ0v) is 22.5. The molecule has 3 heterocycles. The fraction of sp³-hybridized carbons (Fsp3) is 0.276. The molecule has 1 saturated carbocycles. The van der Waals surface area contributed by atoms with E-state index in [1.807, 2.05) is 36.4 Å². The first kappa shape index (κ1) is 27.3. The van der Waals surface area contributed by atoms with Gasteiger partial charge in [0.2, 0.25) is 11.9 Å². The Morgan fingerprint density at radius 1 is 0.976 bits per heavy atom. The van der Waals surface area contributed by atoms with E-state index in [0.717, 1.165) is 11.1 Å². The number of aliphatic hydroxyl groups is 3. The quantitative estimate of drug-likeness (QED) is 0.149. The molecule has 216 valence electrons. The Morgan fingerprint density at radius 3 is 2.29 bits per heavy atom. The van der Waals surface area contributed by atoms with Gasteiger partial charge in [0.15, 0.2) is 17.0 Å². The summed E-state index contributed by atoms with van der Waals surface area (Å²) >= 11 is 0. The molecule has 0 aliphatic heterocycles. The van der Waals surface area contributed by atoms with E-state index in [1.54, 1.807) is 21.7 Å². The van der Waals surface area contributed by atoms with Crippen molar-refractivity contribution >= 4 is 28.7 Å². The summed E-state index contributed by atoms with van der Waals surface area (Å²) in [6.45, 7) is -0.219. The van der Waals surface area contributed by atoms with Crippen molar-refractivity contribution in [1.82, 2.24) is 34.4 Å². The summed E-state index contributed by atoms with van der Waals surface area (Å²) in [5.41, 5.74) is 9.02. The Morgan fingerprint density at radius 2 is 1.67 bits per heavy atom. The summed E-state index contributed by atoms with van der Waals surface area (Å²) in [5.74, 6) is 0.421. The third-order valence-electron chi connectivity index (χ3n) is 7.62. The number of benzene rings is 2. The second-order valence-electron chi connectivity index (χ2n) is 10.3. The minimum atomic E-state index is -1.24. The molecule has 0 spiro atoms. The molecule has 42 heavy (non-hydrogen) atoms.